The lowest BCUT2D eigenvalue weighted by atomic mass is 9.68. The van der Waals surface area contributed by atoms with Gasteiger partial charge >= 0.3 is 6.09 Å². The van der Waals surface area contributed by atoms with Gasteiger partial charge in [0.1, 0.15) is 11.9 Å². The molecule has 2 amide bonds. The Hall–Kier alpha value is -3.28. The third-order valence-corrected chi connectivity index (χ3v) is 12.4. The van der Waals surface area contributed by atoms with Gasteiger partial charge in [-0.2, -0.15) is 0 Å². The summed E-state index contributed by atoms with van der Waals surface area (Å²) in [5.41, 5.74) is 1.62. The van der Waals surface area contributed by atoms with Crippen LogP contribution in [-0.2, 0) is 31.4 Å². The van der Waals surface area contributed by atoms with Crippen molar-refractivity contribution in [2.75, 3.05) is 51.8 Å². The zero-order chi connectivity index (χ0) is 34.4. The van der Waals surface area contributed by atoms with Crippen LogP contribution >= 0.6 is 11.6 Å². The highest BCUT2D eigenvalue weighted by molar-refractivity contribution is 7.90. The Morgan fingerprint density at radius 2 is 1.96 bits per heavy atom. The highest BCUT2D eigenvalue weighted by Gasteiger charge is 2.45. The van der Waals surface area contributed by atoms with Crippen LogP contribution in [0, 0.1) is 11.8 Å². The first kappa shape index (κ1) is 34.6. The monoisotopic (exact) mass is 698 g/mol. The largest absolute Gasteiger partial charge is 0.490 e. The number of carbonyl (C=O) groups is 2. The van der Waals surface area contributed by atoms with Crippen LogP contribution in [0.15, 0.2) is 53.4 Å². The van der Waals surface area contributed by atoms with E-state index in [1.165, 1.54) is 22.1 Å². The zero-order valence-corrected chi connectivity index (χ0v) is 30.1. The number of likely N-dealkylation sites (N-methyl/N-ethyl adjacent to an activating group) is 1. The molecule has 1 N–H and O–H groups in total. The Bertz CT molecular complexity index is 1710. The topological polar surface area (TPSA) is 108 Å². The maximum atomic E-state index is 13.8. The molecule has 0 saturated heterocycles. The number of hydrogen-bond donors (Lipinski definition) is 1. The molecule has 260 valence electrons. The summed E-state index contributed by atoms with van der Waals surface area (Å²) in [5.74, 6) is 0.219. The smallest absolute Gasteiger partial charge is 0.409 e. The number of rotatable bonds is 2. The number of nitrogens with one attached hydrogen (secondary N) is 1. The van der Waals surface area contributed by atoms with E-state index in [9.17, 15) is 18.0 Å². The van der Waals surface area contributed by atoms with Gasteiger partial charge in [-0.15, -0.1) is 0 Å². The Kier molecular flexibility index (Phi) is 9.52. The van der Waals surface area contributed by atoms with Crippen molar-refractivity contribution in [2.45, 2.75) is 74.8 Å². The van der Waals surface area contributed by atoms with E-state index in [0.717, 1.165) is 32.1 Å². The predicted molar refractivity (Wildman–Crippen MR) is 186 cm³/mol. The second-order valence-corrected chi connectivity index (χ2v) is 16.6. The van der Waals surface area contributed by atoms with Crippen LogP contribution in [0.2, 0.25) is 5.02 Å². The number of fused-ring (bicyclic) bond motifs is 4. The Morgan fingerprint density at radius 3 is 2.67 bits per heavy atom. The summed E-state index contributed by atoms with van der Waals surface area (Å²) >= 11 is 6.43. The second-order valence-electron chi connectivity index (χ2n) is 14.4. The van der Waals surface area contributed by atoms with Gasteiger partial charge in [0.2, 0.25) is 0 Å². The van der Waals surface area contributed by atoms with Gasteiger partial charge in [-0.3, -0.25) is 9.69 Å². The predicted octanol–water partition coefficient (Wildman–Crippen LogP) is 5.38. The Balaban J connectivity index is 1.45. The number of halogens is 1. The first-order valence-corrected chi connectivity index (χ1v) is 18.8. The van der Waals surface area contributed by atoms with Gasteiger partial charge in [-0.05, 0) is 106 Å². The first-order chi connectivity index (χ1) is 22.7. The molecule has 2 heterocycles. The van der Waals surface area contributed by atoms with Crippen LogP contribution in [0.1, 0.15) is 57.6 Å². The Morgan fingerprint density at radius 1 is 1.17 bits per heavy atom. The highest BCUT2D eigenvalue weighted by atomic mass is 35.5. The molecular weight excluding hydrogens is 652 g/mol. The van der Waals surface area contributed by atoms with Gasteiger partial charge in [-0.25, -0.2) is 17.9 Å². The zero-order valence-electron chi connectivity index (χ0n) is 28.5. The minimum absolute atomic E-state index is 0.00348. The number of nitrogens with zero attached hydrogens (tertiary/aromatic N) is 3. The van der Waals surface area contributed by atoms with E-state index < -0.39 is 33.7 Å². The molecule has 2 aromatic rings. The normalized spacial score (nSPS) is 28.2. The van der Waals surface area contributed by atoms with Gasteiger partial charge in [0, 0.05) is 50.1 Å². The van der Waals surface area contributed by atoms with Crippen LogP contribution in [0.5, 0.6) is 5.75 Å². The number of sulfonamides is 1. The minimum atomic E-state index is -4.21. The van der Waals surface area contributed by atoms with Crippen molar-refractivity contribution in [3.05, 3.63) is 64.7 Å². The Labute approximate surface area is 289 Å². The van der Waals surface area contributed by atoms with Crippen LogP contribution in [-0.4, -0.2) is 88.7 Å². The van der Waals surface area contributed by atoms with Crippen molar-refractivity contribution in [1.29, 1.82) is 0 Å². The molecule has 1 saturated carbocycles. The molecule has 48 heavy (non-hydrogen) atoms. The van der Waals surface area contributed by atoms with Crippen LogP contribution in [0.4, 0.5) is 10.5 Å². The van der Waals surface area contributed by atoms with Gasteiger partial charge < -0.3 is 19.3 Å². The maximum absolute atomic E-state index is 13.8. The van der Waals surface area contributed by atoms with E-state index in [1.807, 2.05) is 30.0 Å². The molecule has 2 aromatic carbocycles. The molecule has 4 aliphatic rings. The first-order valence-electron chi connectivity index (χ1n) is 16.9. The standard InChI is InChI=1S/C36H47ClN4O6S/c1-6-41-18-8-10-31(47-34(43)39(4)5)28-14-11-25(28)21-40-22-36(17-7-9-24-19-26(37)12-15-29(24)36)23-46-32-16-13-27(20-30(32)40)48(44,45)38-33(42)35(41,2)3/h8,10,12-13,15-16,19-20,25,28,31H,6-7,9,11,14,17-18,21-23H2,1-5H3,(H,38,42)/t25-,28+,31-,36-/m0/s1. The van der Waals surface area contributed by atoms with E-state index in [0.29, 0.717) is 49.2 Å². The molecule has 2 aliphatic heterocycles. The van der Waals surface area contributed by atoms with Crippen molar-refractivity contribution < 1.29 is 27.5 Å². The molecule has 0 radical (unpaired) electrons. The van der Waals surface area contributed by atoms with Gasteiger partial charge in [0.05, 0.1) is 22.7 Å². The summed E-state index contributed by atoms with van der Waals surface area (Å²) in [6.45, 7) is 7.91. The number of amides is 2. The molecule has 2 aliphatic carbocycles. The molecule has 2 bridgehead atoms. The number of ether oxygens (including phenoxy) is 2. The summed E-state index contributed by atoms with van der Waals surface area (Å²) in [4.78, 5) is 32.1. The number of benzene rings is 2. The number of hydrogen-bond acceptors (Lipinski definition) is 8. The molecule has 1 fully saturated rings. The van der Waals surface area contributed by atoms with E-state index in [2.05, 4.69) is 21.8 Å². The van der Waals surface area contributed by atoms with Crippen LogP contribution in [0.3, 0.4) is 0 Å². The molecule has 10 nitrogen and oxygen atoms in total. The second kappa shape index (κ2) is 13.2. The SMILES string of the molecule is CCN1CC=C[C@H](OC(=O)N(C)C)[C@@H]2CC[C@H]2CN2C[C@@]3(CCCc4cc(Cl)ccc43)COc3ccc(cc32)S(=O)(=O)NC(=O)C1(C)C. The van der Waals surface area contributed by atoms with Crippen molar-refractivity contribution in [3.63, 3.8) is 0 Å². The van der Waals surface area contributed by atoms with Crippen LogP contribution in [0.25, 0.3) is 0 Å². The van der Waals surface area contributed by atoms with Crippen molar-refractivity contribution >= 4 is 39.3 Å². The lowest BCUT2D eigenvalue weighted by molar-refractivity contribution is -0.129. The lowest BCUT2D eigenvalue weighted by Gasteiger charge is -2.46. The summed E-state index contributed by atoms with van der Waals surface area (Å²) in [6, 6.07) is 11.0. The molecular formula is C36H47ClN4O6S. The summed E-state index contributed by atoms with van der Waals surface area (Å²) in [6.07, 6.45) is 7.69. The third-order valence-electron chi connectivity index (χ3n) is 10.9. The fourth-order valence-electron chi connectivity index (χ4n) is 7.81. The average molecular weight is 699 g/mol. The van der Waals surface area contributed by atoms with Gasteiger partial charge in [-0.1, -0.05) is 30.7 Å². The van der Waals surface area contributed by atoms with Gasteiger partial charge in [0.15, 0.2) is 0 Å². The molecule has 0 aromatic heterocycles. The van der Waals surface area contributed by atoms with Crippen molar-refractivity contribution in [1.82, 2.24) is 14.5 Å². The highest BCUT2D eigenvalue weighted by Crippen LogP contribution is 2.47. The third kappa shape index (κ3) is 6.53. The van der Waals surface area contributed by atoms with Gasteiger partial charge in [0.25, 0.3) is 15.9 Å². The molecule has 4 atom stereocenters. The van der Waals surface area contributed by atoms with Crippen molar-refractivity contribution in [3.8, 4) is 5.75 Å². The number of aryl methyl sites for hydroxylation is 1. The molecule has 6 rings (SSSR count). The molecule has 0 unspecified atom stereocenters. The fraction of sp³-hybridized carbons (Fsp3) is 0.556. The number of carbonyl (C=O) groups excluding carboxylic acids is 2. The van der Waals surface area contributed by atoms with Crippen molar-refractivity contribution in [2.24, 2.45) is 11.8 Å². The molecule has 12 heteroatoms. The lowest BCUT2D eigenvalue weighted by Crippen LogP contribution is -2.56. The number of anilines is 1. The summed E-state index contributed by atoms with van der Waals surface area (Å²) in [5, 5.41) is 0.708. The summed E-state index contributed by atoms with van der Waals surface area (Å²) in [7, 11) is -0.856. The van der Waals surface area contributed by atoms with E-state index in [1.54, 1.807) is 40.1 Å². The van der Waals surface area contributed by atoms with Crippen LogP contribution < -0.4 is 14.4 Å². The quantitative estimate of drug-likeness (QED) is 0.417. The molecule has 1 spiro atoms. The minimum Gasteiger partial charge on any atom is -0.490 e. The van der Waals surface area contributed by atoms with E-state index in [-0.39, 0.29) is 22.1 Å². The maximum Gasteiger partial charge on any atom is 0.409 e. The summed E-state index contributed by atoms with van der Waals surface area (Å²) < 4.78 is 42.6. The van der Waals surface area contributed by atoms with E-state index >= 15 is 0 Å². The van der Waals surface area contributed by atoms with E-state index in [4.69, 9.17) is 21.1 Å². The fourth-order valence-corrected chi connectivity index (χ4v) is 9.13. The average Bonchev–Trinajstić information content (AvgIpc) is 3.17.